The molecule has 5 nitrogen and oxygen atoms in total. The molecule has 0 bridgehead atoms. The van der Waals surface area contributed by atoms with Crippen molar-refractivity contribution < 1.29 is 13.2 Å². The van der Waals surface area contributed by atoms with Gasteiger partial charge >= 0.3 is 0 Å². The molecule has 0 spiro atoms. The standard InChI is InChI=1S/C19H21BrN2O3S/c1-4-21(16-8-6-5-7-9-16)26(24,25)19-12-18-15(11-17(19)20)10-13(2)22(18)14(3)23/h5-9,11-13H,4,10H2,1-3H3/t13-/m0/s1. The number of anilines is 2. The smallest absolute Gasteiger partial charge is 0.265 e. The van der Waals surface area contributed by atoms with Gasteiger partial charge in [-0.15, -0.1) is 0 Å². The monoisotopic (exact) mass is 436 g/mol. The van der Waals surface area contributed by atoms with Crippen LogP contribution in [0.15, 0.2) is 51.8 Å². The number of rotatable bonds is 4. The number of fused-ring (bicyclic) bond motifs is 1. The summed E-state index contributed by atoms with van der Waals surface area (Å²) in [5.41, 5.74) is 2.26. The number of hydrogen-bond acceptors (Lipinski definition) is 3. The van der Waals surface area contributed by atoms with Crippen molar-refractivity contribution >= 4 is 43.2 Å². The van der Waals surface area contributed by atoms with Crippen molar-refractivity contribution in [2.24, 2.45) is 0 Å². The Morgan fingerprint density at radius 3 is 2.50 bits per heavy atom. The lowest BCUT2D eigenvalue weighted by Crippen LogP contribution is -2.34. The zero-order chi connectivity index (χ0) is 19.1. The highest BCUT2D eigenvalue weighted by atomic mass is 79.9. The third-order valence-electron chi connectivity index (χ3n) is 4.59. The average molecular weight is 437 g/mol. The molecular formula is C19H21BrN2O3S. The van der Waals surface area contributed by atoms with Gasteiger partial charge in [0.2, 0.25) is 5.91 Å². The van der Waals surface area contributed by atoms with E-state index in [-0.39, 0.29) is 16.8 Å². The van der Waals surface area contributed by atoms with Crippen LogP contribution < -0.4 is 9.21 Å². The lowest BCUT2D eigenvalue weighted by atomic mass is 10.1. The van der Waals surface area contributed by atoms with Crippen LogP contribution in [0.5, 0.6) is 0 Å². The van der Waals surface area contributed by atoms with E-state index in [9.17, 15) is 13.2 Å². The van der Waals surface area contributed by atoms with Crippen LogP contribution in [0.3, 0.4) is 0 Å². The van der Waals surface area contributed by atoms with E-state index in [4.69, 9.17) is 0 Å². The summed E-state index contributed by atoms with van der Waals surface area (Å²) in [4.78, 5) is 13.9. The zero-order valence-electron chi connectivity index (χ0n) is 14.9. The first kappa shape index (κ1) is 18.9. The number of carbonyl (C=O) groups is 1. The fourth-order valence-corrected chi connectivity index (χ4v) is 6.05. The maximum atomic E-state index is 13.3. The van der Waals surface area contributed by atoms with Crippen molar-refractivity contribution in [3.8, 4) is 0 Å². The van der Waals surface area contributed by atoms with Gasteiger partial charge in [0.1, 0.15) is 4.90 Å². The Hall–Kier alpha value is -1.86. The third kappa shape index (κ3) is 3.14. The van der Waals surface area contributed by atoms with Crippen molar-refractivity contribution in [1.82, 2.24) is 0 Å². The summed E-state index contributed by atoms with van der Waals surface area (Å²) >= 11 is 3.42. The second-order valence-electron chi connectivity index (χ2n) is 6.36. The molecule has 26 heavy (non-hydrogen) atoms. The van der Waals surface area contributed by atoms with Crippen LogP contribution in [0.2, 0.25) is 0 Å². The molecule has 0 aliphatic carbocycles. The van der Waals surface area contributed by atoms with E-state index < -0.39 is 10.0 Å². The molecule has 0 saturated heterocycles. The summed E-state index contributed by atoms with van der Waals surface area (Å²) in [5.74, 6) is -0.0858. The van der Waals surface area contributed by atoms with Crippen molar-refractivity contribution in [2.75, 3.05) is 15.7 Å². The highest BCUT2D eigenvalue weighted by Gasteiger charge is 2.33. The van der Waals surface area contributed by atoms with Gasteiger partial charge in [0.25, 0.3) is 10.0 Å². The number of carbonyl (C=O) groups excluding carboxylic acids is 1. The van der Waals surface area contributed by atoms with Crippen molar-refractivity contribution in [1.29, 1.82) is 0 Å². The first-order valence-corrected chi connectivity index (χ1v) is 10.7. The van der Waals surface area contributed by atoms with E-state index in [1.165, 1.54) is 11.2 Å². The van der Waals surface area contributed by atoms with Crippen LogP contribution in [0, 0.1) is 0 Å². The minimum Gasteiger partial charge on any atom is -0.309 e. The van der Waals surface area contributed by atoms with Gasteiger partial charge in [-0.1, -0.05) is 18.2 Å². The Bertz CT molecular complexity index is 945. The normalized spacial score (nSPS) is 16.5. The Labute approximate surface area is 162 Å². The minimum absolute atomic E-state index is 0.0174. The Morgan fingerprint density at radius 1 is 1.27 bits per heavy atom. The Kier molecular flexibility index (Phi) is 5.12. The summed E-state index contributed by atoms with van der Waals surface area (Å²) in [6, 6.07) is 12.5. The third-order valence-corrected chi connectivity index (χ3v) is 7.45. The Morgan fingerprint density at radius 2 is 1.92 bits per heavy atom. The van der Waals surface area contributed by atoms with Crippen molar-refractivity contribution in [3.05, 3.63) is 52.5 Å². The van der Waals surface area contributed by atoms with E-state index in [1.807, 2.05) is 31.2 Å². The molecule has 0 aromatic heterocycles. The molecule has 0 N–H and O–H groups in total. The maximum absolute atomic E-state index is 13.3. The van der Waals surface area contributed by atoms with E-state index in [1.54, 1.807) is 30.0 Å². The molecular weight excluding hydrogens is 416 g/mol. The van der Waals surface area contributed by atoms with Gasteiger partial charge < -0.3 is 4.90 Å². The average Bonchev–Trinajstić information content (AvgIpc) is 2.90. The van der Waals surface area contributed by atoms with Gasteiger partial charge in [-0.25, -0.2) is 8.42 Å². The fourth-order valence-electron chi connectivity index (χ4n) is 3.50. The van der Waals surface area contributed by atoms with Gasteiger partial charge in [0.15, 0.2) is 0 Å². The lowest BCUT2D eigenvalue weighted by molar-refractivity contribution is -0.116. The number of sulfonamides is 1. The maximum Gasteiger partial charge on any atom is 0.265 e. The topological polar surface area (TPSA) is 57.7 Å². The van der Waals surface area contributed by atoms with Gasteiger partial charge in [-0.2, -0.15) is 0 Å². The molecule has 0 saturated carbocycles. The number of para-hydroxylation sites is 1. The van der Waals surface area contributed by atoms with Crippen molar-refractivity contribution in [2.45, 2.75) is 38.1 Å². The second kappa shape index (κ2) is 7.04. The molecule has 0 fully saturated rings. The summed E-state index contributed by atoms with van der Waals surface area (Å²) in [5, 5.41) is 0. The van der Waals surface area contributed by atoms with E-state index in [0.717, 1.165) is 5.56 Å². The quantitative estimate of drug-likeness (QED) is 0.728. The molecule has 1 atom stereocenters. The number of halogens is 1. The van der Waals surface area contributed by atoms with E-state index in [2.05, 4.69) is 15.9 Å². The zero-order valence-corrected chi connectivity index (χ0v) is 17.3. The molecule has 3 rings (SSSR count). The molecule has 7 heteroatoms. The predicted octanol–water partition coefficient (Wildman–Crippen LogP) is 3.96. The van der Waals surface area contributed by atoms with Gasteiger partial charge in [-0.05, 0) is 66.0 Å². The summed E-state index contributed by atoms with van der Waals surface area (Å²) < 4.78 is 28.6. The molecule has 1 amide bonds. The molecule has 1 heterocycles. The minimum atomic E-state index is -3.77. The van der Waals surface area contributed by atoms with Crippen LogP contribution in [0.4, 0.5) is 11.4 Å². The largest absolute Gasteiger partial charge is 0.309 e. The molecule has 2 aromatic rings. The predicted molar refractivity (Wildman–Crippen MR) is 107 cm³/mol. The number of benzene rings is 2. The van der Waals surface area contributed by atoms with E-state index in [0.29, 0.717) is 28.8 Å². The van der Waals surface area contributed by atoms with Gasteiger partial charge in [0, 0.05) is 29.7 Å². The van der Waals surface area contributed by atoms with Crippen LogP contribution in [0.25, 0.3) is 0 Å². The summed E-state index contributed by atoms with van der Waals surface area (Å²) in [6.07, 6.45) is 0.712. The van der Waals surface area contributed by atoms with Crippen molar-refractivity contribution in [3.63, 3.8) is 0 Å². The first-order chi connectivity index (χ1) is 12.3. The Balaban J connectivity index is 2.13. The summed E-state index contributed by atoms with van der Waals surface area (Å²) in [6.45, 7) is 5.58. The van der Waals surface area contributed by atoms with E-state index >= 15 is 0 Å². The first-order valence-electron chi connectivity index (χ1n) is 8.47. The molecule has 1 aliphatic heterocycles. The highest BCUT2D eigenvalue weighted by Crippen LogP contribution is 2.39. The lowest BCUT2D eigenvalue weighted by Gasteiger charge is -2.25. The van der Waals surface area contributed by atoms with Gasteiger partial charge in [-0.3, -0.25) is 9.10 Å². The number of hydrogen-bond donors (Lipinski definition) is 0. The molecule has 2 aromatic carbocycles. The van der Waals surface area contributed by atoms with Crippen LogP contribution in [-0.2, 0) is 21.2 Å². The van der Waals surface area contributed by atoms with Crippen LogP contribution in [0.1, 0.15) is 26.3 Å². The number of amides is 1. The van der Waals surface area contributed by atoms with Crippen LogP contribution in [-0.4, -0.2) is 26.9 Å². The molecule has 138 valence electrons. The molecule has 0 radical (unpaired) electrons. The fraction of sp³-hybridized carbons (Fsp3) is 0.316. The van der Waals surface area contributed by atoms with Crippen LogP contribution >= 0.6 is 15.9 Å². The molecule has 0 unspecified atom stereocenters. The highest BCUT2D eigenvalue weighted by molar-refractivity contribution is 9.10. The SMILES string of the molecule is CCN(c1ccccc1)S(=O)(=O)c1cc2c(cc1Br)C[C@H](C)N2C(C)=O. The second-order valence-corrected chi connectivity index (χ2v) is 9.04. The summed E-state index contributed by atoms with van der Waals surface area (Å²) in [7, 11) is -3.77. The molecule has 1 aliphatic rings. The van der Waals surface area contributed by atoms with Gasteiger partial charge in [0.05, 0.1) is 5.69 Å². The number of nitrogens with zero attached hydrogens (tertiary/aromatic N) is 2.